The Balaban J connectivity index is 1.36. The van der Waals surface area contributed by atoms with Gasteiger partial charge in [0.1, 0.15) is 5.75 Å². The summed E-state index contributed by atoms with van der Waals surface area (Å²) >= 11 is 0. The van der Waals surface area contributed by atoms with Crippen LogP contribution in [-0.4, -0.2) is 35.9 Å². The molecular formula is C22H23N5O4S. The maximum Gasteiger partial charge on any atom is 0.264 e. The molecule has 2 aromatic heterocycles. The molecule has 10 heteroatoms. The molecule has 0 unspecified atom stereocenters. The van der Waals surface area contributed by atoms with Crippen LogP contribution in [0.5, 0.6) is 5.75 Å². The molecule has 2 N–H and O–H groups in total. The van der Waals surface area contributed by atoms with E-state index in [1.807, 2.05) is 0 Å². The number of hydrogen-bond acceptors (Lipinski definition) is 7. The number of amides is 1. The summed E-state index contributed by atoms with van der Waals surface area (Å²) in [5.74, 6) is 0.349. The lowest BCUT2D eigenvalue weighted by molar-refractivity contribution is -0.118. The molecule has 0 spiro atoms. The van der Waals surface area contributed by atoms with E-state index < -0.39 is 10.0 Å². The van der Waals surface area contributed by atoms with Crippen molar-refractivity contribution < 1.29 is 17.9 Å². The van der Waals surface area contributed by atoms with Gasteiger partial charge >= 0.3 is 0 Å². The highest BCUT2D eigenvalue weighted by atomic mass is 32.2. The molecule has 32 heavy (non-hydrogen) atoms. The van der Waals surface area contributed by atoms with E-state index in [2.05, 4.69) is 25.0 Å². The summed E-state index contributed by atoms with van der Waals surface area (Å²) in [6.07, 6.45) is 7.20. The quantitative estimate of drug-likeness (QED) is 0.564. The molecule has 166 valence electrons. The summed E-state index contributed by atoms with van der Waals surface area (Å²) in [5.41, 5.74) is 3.22. The third-order valence-corrected chi connectivity index (χ3v) is 6.36. The topological polar surface area (TPSA) is 123 Å². The van der Waals surface area contributed by atoms with Crippen LogP contribution in [0.1, 0.15) is 29.8 Å². The van der Waals surface area contributed by atoms with Crippen molar-refractivity contribution in [1.82, 2.24) is 15.0 Å². The van der Waals surface area contributed by atoms with Gasteiger partial charge < -0.3 is 10.1 Å². The third-order valence-electron chi connectivity index (χ3n) is 5.02. The largest absolute Gasteiger partial charge is 0.483 e. The highest BCUT2D eigenvalue weighted by Gasteiger charge is 2.17. The number of anilines is 2. The van der Waals surface area contributed by atoms with Crippen molar-refractivity contribution in [2.45, 2.75) is 37.5 Å². The number of sulfonamides is 1. The van der Waals surface area contributed by atoms with Gasteiger partial charge in [-0.25, -0.2) is 23.1 Å². The second-order valence-corrected chi connectivity index (χ2v) is 9.11. The van der Waals surface area contributed by atoms with Crippen LogP contribution in [-0.2, 0) is 27.7 Å². The van der Waals surface area contributed by atoms with Crippen LogP contribution < -0.4 is 14.8 Å². The lowest BCUT2D eigenvalue weighted by atomic mass is 9.95. The highest BCUT2D eigenvalue weighted by molar-refractivity contribution is 7.92. The zero-order chi connectivity index (χ0) is 22.6. The minimum atomic E-state index is -3.85. The fourth-order valence-electron chi connectivity index (χ4n) is 3.46. The molecule has 0 atom stereocenters. The van der Waals surface area contributed by atoms with Crippen molar-refractivity contribution in [1.29, 1.82) is 0 Å². The lowest BCUT2D eigenvalue weighted by Gasteiger charge is -2.18. The Labute approximate surface area is 186 Å². The van der Waals surface area contributed by atoms with Crippen molar-refractivity contribution in [2.75, 3.05) is 16.6 Å². The summed E-state index contributed by atoms with van der Waals surface area (Å²) in [4.78, 5) is 24.7. The minimum Gasteiger partial charge on any atom is -0.483 e. The average Bonchev–Trinajstić information content (AvgIpc) is 2.78. The van der Waals surface area contributed by atoms with Gasteiger partial charge in [0.25, 0.3) is 15.9 Å². The number of aryl methyl sites for hydroxylation is 2. The Morgan fingerprint density at radius 2 is 1.78 bits per heavy atom. The first-order valence-electron chi connectivity index (χ1n) is 10.2. The molecule has 0 saturated heterocycles. The molecule has 0 saturated carbocycles. The fourth-order valence-corrected chi connectivity index (χ4v) is 4.41. The monoisotopic (exact) mass is 453 g/mol. The number of pyridine rings is 1. The van der Waals surface area contributed by atoms with Gasteiger partial charge in [-0.3, -0.25) is 9.78 Å². The molecule has 2 heterocycles. The van der Waals surface area contributed by atoms with Gasteiger partial charge in [-0.2, -0.15) is 0 Å². The molecule has 3 aromatic rings. The van der Waals surface area contributed by atoms with Gasteiger partial charge in [0, 0.05) is 35.0 Å². The van der Waals surface area contributed by atoms with E-state index in [1.54, 1.807) is 25.3 Å². The van der Waals surface area contributed by atoms with Crippen molar-refractivity contribution in [3.05, 3.63) is 65.7 Å². The number of benzene rings is 1. The molecule has 1 aliphatic carbocycles. The Bertz CT molecular complexity index is 1230. The standard InChI is InChI=1S/C22H23N5O4S/c1-15-10-12-24-22(25-15)27-32(29,30)17-8-6-16(7-9-17)26-21(28)14-31-20-11-13-23-19-5-3-2-4-18(19)20/h6-13H,2-5,14H2,1H3,(H,26,28)(H,24,25,27). The number of ether oxygens (including phenoxy) is 1. The Kier molecular flexibility index (Phi) is 6.31. The van der Waals surface area contributed by atoms with Gasteiger partial charge in [-0.05, 0) is 69.0 Å². The summed E-state index contributed by atoms with van der Waals surface area (Å²) < 4.78 is 33.1. The van der Waals surface area contributed by atoms with Crippen molar-refractivity contribution >= 4 is 27.6 Å². The van der Waals surface area contributed by atoms with E-state index in [0.717, 1.165) is 36.9 Å². The average molecular weight is 454 g/mol. The number of aromatic nitrogens is 3. The summed E-state index contributed by atoms with van der Waals surface area (Å²) in [6, 6.07) is 9.27. The predicted molar refractivity (Wildman–Crippen MR) is 119 cm³/mol. The first-order valence-corrected chi connectivity index (χ1v) is 11.7. The third kappa shape index (κ3) is 5.20. The van der Waals surface area contributed by atoms with Gasteiger partial charge in [0.2, 0.25) is 5.95 Å². The SMILES string of the molecule is Cc1ccnc(NS(=O)(=O)c2ccc(NC(=O)COc3ccnc4c3CCCC4)cc2)n1. The number of hydrogen-bond donors (Lipinski definition) is 2. The summed E-state index contributed by atoms with van der Waals surface area (Å²) in [5, 5.41) is 2.71. The van der Waals surface area contributed by atoms with E-state index in [9.17, 15) is 13.2 Å². The van der Waals surface area contributed by atoms with Gasteiger partial charge in [-0.1, -0.05) is 0 Å². The highest BCUT2D eigenvalue weighted by Crippen LogP contribution is 2.27. The van der Waals surface area contributed by atoms with E-state index in [4.69, 9.17) is 4.74 Å². The number of rotatable bonds is 7. The van der Waals surface area contributed by atoms with Crippen molar-refractivity contribution in [3.8, 4) is 5.75 Å². The van der Waals surface area contributed by atoms with E-state index in [1.165, 1.54) is 30.5 Å². The van der Waals surface area contributed by atoms with Crippen LogP contribution >= 0.6 is 0 Å². The Hall–Kier alpha value is -3.53. The first kappa shape index (κ1) is 21.7. The zero-order valence-corrected chi connectivity index (χ0v) is 18.4. The van der Waals surface area contributed by atoms with E-state index in [-0.39, 0.29) is 23.4 Å². The normalized spacial score (nSPS) is 13.2. The van der Waals surface area contributed by atoms with Gasteiger partial charge in [-0.15, -0.1) is 0 Å². The van der Waals surface area contributed by atoms with Crippen molar-refractivity contribution in [2.24, 2.45) is 0 Å². The van der Waals surface area contributed by atoms with Crippen LogP contribution in [0.2, 0.25) is 0 Å². The van der Waals surface area contributed by atoms with Crippen LogP contribution in [0, 0.1) is 6.92 Å². The number of fused-ring (bicyclic) bond motifs is 1. The lowest BCUT2D eigenvalue weighted by Crippen LogP contribution is -2.21. The summed E-state index contributed by atoms with van der Waals surface area (Å²) in [6.45, 7) is 1.59. The smallest absolute Gasteiger partial charge is 0.264 e. The van der Waals surface area contributed by atoms with Crippen LogP contribution in [0.15, 0.2) is 53.7 Å². The van der Waals surface area contributed by atoms with E-state index >= 15 is 0 Å². The van der Waals surface area contributed by atoms with Gasteiger partial charge in [0.15, 0.2) is 6.61 Å². The molecule has 0 aliphatic heterocycles. The number of nitrogens with zero attached hydrogens (tertiary/aromatic N) is 3. The molecule has 0 radical (unpaired) electrons. The number of carbonyl (C=O) groups is 1. The summed E-state index contributed by atoms with van der Waals surface area (Å²) in [7, 11) is -3.85. The maximum absolute atomic E-state index is 12.5. The number of carbonyl (C=O) groups excluding carboxylic acids is 1. The zero-order valence-electron chi connectivity index (χ0n) is 17.5. The molecule has 1 aromatic carbocycles. The predicted octanol–water partition coefficient (Wildman–Crippen LogP) is 2.88. The van der Waals surface area contributed by atoms with Crippen LogP contribution in [0.3, 0.4) is 0 Å². The molecule has 4 rings (SSSR count). The van der Waals surface area contributed by atoms with Crippen LogP contribution in [0.25, 0.3) is 0 Å². The van der Waals surface area contributed by atoms with Crippen LogP contribution in [0.4, 0.5) is 11.6 Å². The molecule has 9 nitrogen and oxygen atoms in total. The van der Waals surface area contributed by atoms with E-state index in [0.29, 0.717) is 17.1 Å². The molecular weight excluding hydrogens is 430 g/mol. The first-order chi connectivity index (χ1) is 15.4. The number of nitrogens with one attached hydrogen (secondary N) is 2. The fraction of sp³-hybridized carbons (Fsp3) is 0.273. The second-order valence-electron chi connectivity index (χ2n) is 7.43. The maximum atomic E-state index is 12.5. The molecule has 1 aliphatic rings. The Morgan fingerprint density at radius 3 is 2.56 bits per heavy atom. The second kappa shape index (κ2) is 9.31. The molecule has 0 fully saturated rings. The minimum absolute atomic E-state index is 0.00201. The van der Waals surface area contributed by atoms with Gasteiger partial charge in [0.05, 0.1) is 4.90 Å². The molecule has 0 bridgehead atoms. The molecule has 1 amide bonds. The Morgan fingerprint density at radius 1 is 1.03 bits per heavy atom. The van der Waals surface area contributed by atoms with Crippen molar-refractivity contribution in [3.63, 3.8) is 0 Å².